The van der Waals surface area contributed by atoms with Crippen LogP contribution in [0.2, 0.25) is 5.02 Å². The number of nitrogens with one attached hydrogen (secondary N) is 2. The minimum Gasteiger partial charge on any atom is -0.369 e. The molecular formula is C15H17ClN4O3S. The van der Waals surface area contributed by atoms with Crippen molar-refractivity contribution in [2.75, 3.05) is 18.0 Å². The number of piperidine rings is 1. The number of rotatable bonds is 4. The molecule has 0 bridgehead atoms. The largest absolute Gasteiger partial charge is 0.369 e. The third-order valence-corrected chi connectivity index (χ3v) is 5.89. The van der Waals surface area contributed by atoms with Gasteiger partial charge in [-0.2, -0.15) is 5.10 Å². The van der Waals surface area contributed by atoms with E-state index in [0.29, 0.717) is 31.6 Å². The van der Waals surface area contributed by atoms with Crippen LogP contribution in [0, 0.1) is 0 Å². The molecule has 0 saturated carbocycles. The molecule has 9 heteroatoms. The van der Waals surface area contributed by atoms with Gasteiger partial charge in [-0.1, -0.05) is 29.8 Å². The van der Waals surface area contributed by atoms with E-state index in [1.807, 2.05) is 4.90 Å². The highest BCUT2D eigenvalue weighted by Gasteiger charge is 2.26. The van der Waals surface area contributed by atoms with E-state index < -0.39 is 15.6 Å². The summed E-state index contributed by atoms with van der Waals surface area (Å²) in [6.07, 6.45) is 2.75. The van der Waals surface area contributed by atoms with E-state index in [1.165, 1.54) is 6.20 Å². The Morgan fingerprint density at radius 3 is 2.54 bits per heavy atom. The third-order valence-electron chi connectivity index (χ3n) is 3.99. The average Bonchev–Trinajstić information content (AvgIpc) is 2.59. The molecule has 1 aromatic carbocycles. The molecule has 2 aromatic rings. The molecule has 0 spiro atoms. The molecule has 1 aliphatic heterocycles. The minimum absolute atomic E-state index is 0.105. The number of sulfonamides is 1. The fourth-order valence-corrected chi connectivity index (χ4v) is 4.26. The van der Waals surface area contributed by atoms with Gasteiger partial charge in [-0.05, 0) is 25.0 Å². The summed E-state index contributed by atoms with van der Waals surface area (Å²) in [4.78, 5) is 13.7. The predicted molar refractivity (Wildman–Crippen MR) is 91.9 cm³/mol. The Hall–Kier alpha value is -1.90. The SMILES string of the molecule is O=c1[nH]ncc(N2CCC(NS(=O)(=O)c3ccccc3)CC2)c1Cl. The summed E-state index contributed by atoms with van der Waals surface area (Å²) >= 11 is 6.01. The first-order valence-electron chi connectivity index (χ1n) is 7.53. The second kappa shape index (κ2) is 6.92. The highest BCUT2D eigenvalue weighted by atomic mass is 35.5. The number of benzene rings is 1. The smallest absolute Gasteiger partial charge is 0.285 e. The zero-order valence-electron chi connectivity index (χ0n) is 12.8. The number of anilines is 1. The van der Waals surface area contributed by atoms with E-state index in [9.17, 15) is 13.2 Å². The molecule has 0 atom stereocenters. The highest BCUT2D eigenvalue weighted by molar-refractivity contribution is 7.89. The van der Waals surface area contributed by atoms with Crippen molar-refractivity contribution in [3.05, 3.63) is 51.9 Å². The summed E-state index contributed by atoms with van der Waals surface area (Å²) in [6, 6.07) is 8.15. The molecule has 0 amide bonds. The zero-order chi connectivity index (χ0) is 17.2. The topological polar surface area (TPSA) is 95.2 Å². The first-order valence-corrected chi connectivity index (χ1v) is 9.39. The van der Waals surface area contributed by atoms with Crippen LogP contribution in [0.4, 0.5) is 5.69 Å². The Kier molecular flexibility index (Phi) is 4.88. The van der Waals surface area contributed by atoms with Crippen LogP contribution in [0.15, 0.2) is 46.2 Å². The number of aromatic nitrogens is 2. The molecule has 2 N–H and O–H groups in total. The summed E-state index contributed by atoms with van der Waals surface area (Å²) in [7, 11) is -3.52. The average molecular weight is 369 g/mol. The molecule has 0 radical (unpaired) electrons. The number of H-pyrrole nitrogens is 1. The first kappa shape index (κ1) is 16.9. The van der Waals surface area contributed by atoms with Gasteiger partial charge in [0, 0.05) is 19.1 Å². The maximum atomic E-state index is 12.3. The van der Waals surface area contributed by atoms with Gasteiger partial charge in [0.25, 0.3) is 5.56 Å². The van der Waals surface area contributed by atoms with Gasteiger partial charge in [0.05, 0.1) is 16.8 Å². The van der Waals surface area contributed by atoms with Crippen molar-refractivity contribution in [1.29, 1.82) is 0 Å². The van der Waals surface area contributed by atoms with Crippen LogP contribution in [-0.2, 0) is 10.0 Å². The van der Waals surface area contributed by atoms with Crippen molar-refractivity contribution in [1.82, 2.24) is 14.9 Å². The Morgan fingerprint density at radius 2 is 1.88 bits per heavy atom. The number of hydrogen-bond acceptors (Lipinski definition) is 5. The summed E-state index contributed by atoms with van der Waals surface area (Å²) in [5.74, 6) is 0. The van der Waals surface area contributed by atoms with E-state index in [1.54, 1.807) is 30.3 Å². The predicted octanol–water partition coefficient (Wildman–Crippen LogP) is 1.37. The summed E-state index contributed by atoms with van der Waals surface area (Å²) in [5, 5.41) is 6.15. The summed E-state index contributed by atoms with van der Waals surface area (Å²) in [6.45, 7) is 1.18. The van der Waals surface area contributed by atoms with Gasteiger partial charge < -0.3 is 4.90 Å². The van der Waals surface area contributed by atoms with Crippen molar-refractivity contribution in [3.8, 4) is 0 Å². The lowest BCUT2D eigenvalue weighted by molar-refractivity contribution is 0.459. The molecule has 24 heavy (non-hydrogen) atoms. The van der Waals surface area contributed by atoms with Crippen molar-refractivity contribution >= 4 is 27.3 Å². The Morgan fingerprint density at radius 1 is 1.21 bits per heavy atom. The lowest BCUT2D eigenvalue weighted by Gasteiger charge is -2.33. The second-order valence-corrected chi connectivity index (χ2v) is 7.69. The zero-order valence-corrected chi connectivity index (χ0v) is 14.3. The Labute approximate surface area is 144 Å². The molecule has 1 saturated heterocycles. The third kappa shape index (κ3) is 3.61. The second-order valence-electron chi connectivity index (χ2n) is 5.59. The molecule has 1 aromatic heterocycles. The van der Waals surface area contributed by atoms with Gasteiger partial charge in [-0.3, -0.25) is 4.79 Å². The fraction of sp³-hybridized carbons (Fsp3) is 0.333. The maximum Gasteiger partial charge on any atom is 0.285 e. The van der Waals surface area contributed by atoms with E-state index in [0.717, 1.165) is 0 Å². The molecule has 3 rings (SSSR count). The quantitative estimate of drug-likeness (QED) is 0.849. The van der Waals surface area contributed by atoms with E-state index in [2.05, 4.69) is 14.9 Å². The number of aromatic amines is 1. The Bertz CT molecular complexity index is 862. The molecule has 0 aliphatic carbocycles. The normalized spacial score (nSPS) is 16.3. The summed E-state index contributed by atoms with van der Waals surface area (Å²) < 4.78 is 27.4. The monoisotopic (exact) mass is 368 g/mol. The molecule has 1 aliphatic rings. The van der Waals surface area contributed by atoms with Crippen LogP contribution in [-0.4, -0.2) is 37.7 Å². The van der Waals surface area contributed by atoms with Gasteiger partial charge in [0.15, 0.2) is 0 Å². The Balaban J connectivity index is 1.65. The lowest BCUT2D eigenvalue weighted by atomic mass is 10.1. The fourth-order valence-electron chi connectivity index (χ4n) is 2.72. The molecule has 1 fully saturated rings. The van der Waals surface area contributed by atoms with E-state index in [4.69, 9.17) is 11.6 Å². The van der Waals surface area contributed by atoms with Crippen molar-refractivity contribution in [2.45, 2.75) is 23.8 Å². The number of nitrogens with zero attached hydrogens (tertiary/aromatic N) is 2. The van der Waals surface area contributed by atoms with Crippen LogP contribution >= 0.6 is 11.6 Å². The van der Waals surface area contributed by atoms with E-state index >= 15 is 0 Å². The molecule has 7 nitrogen and oxygen atoms in total. The first-order chi connectivity index (χ1) is 11.5. The van der Waals surface area contributed by atoms with Crippen LogP contribution in [0.1, 0.15) is 12.8 Å². The van der Waals surface area contributed by atoms with Gasteiger partial charge >= 0.3 is 0 Å². The van der Waals surface area contributed by atoms with Crippen LogP contribution in [0.25, 0.3) is 0 Å². The van der Waals surface area contributed by atoms with Gasteiger partial charge in [0.1, 0.15) is 5.02 Å². The minimum atomic E-state index is -3.52. The molecule has 2 heterocycles. The lowest BCUT2D eigenvalue weighted by Crippen LogP contribution is -2.45. The molecular weight excluding hydrogens is 352 g/mol. The van der Waals surface area contributed by atoms with Crippen molar-refractivity contribution in [2.24, 2.45) is 0 Å². The van der Waals surface area contributed by atoms with Crippen LogP contribution in [0.3, 0.4) is 0 Å². The standard InChI is InChI=1S/C15H17ClN4O3S/c16-14-13(10-17-18-15(14)21)20-8-6-11(7-9-20)19-24(22,23)12-4-2-1-3-5-12/h1-5,10-11,19H,6-9H2,(H,18,21). The highest BCUT2D eigenvalue weighted by Crippen LogP contribution is 2.24. The molecule has 128 valence electrons. The summed E-state index contributed by atoms with van der Waals surface area (Å²) in [5.41, 5.74) is 0.144. The van der Waals surface area contributed by atoms with E-state index in [-0.39, 0.29) is 16.0 Å². The van der Waals surface area contributed by atoms with Gasteiger partial charge in [-0.25, -0.2) is 18.2 Å². The number of hydrogen-bond donors (Lipinski definition) is 2. The van der Waals surface area contributed by atoms with Crippen LogP contribution in [0.5, 0.6) is 0 Å². The maximum absolute atomic E-state index is 12.3. The van der Waals surface area contributed by atoms with Crippen molar-refractivity contribution < 1.29 is 8.42 Å². The van der Waals surface area contributed by atoms with Crippen LogP contribution < -0.4 is 15.2 Å². The molecule has 0 unspecified atom stereocenters. The van der Waals surface area contributed by atoms with Crippen molar-refractivity contribution in [3.63, 3.8) is 0 Å². The van der Waals surface area contributed by atoms with Gasteiger partial charge in [-0.15, -0.1) is 0 Å². The number of halogens is 1. The van der Waals surface area contributed by atoms with Gasteiger partial charge in [0.2, 0.25) is 10.0 Å².